The normalized spacial score (nSPS) is 13.2. The quantitative estimate of drug-likeness (QED) is 0.916. The third-order valence-electron chi connectivity index (χ3n) is 2.92. The average molecular weight is 330 g/mol. The molecule has 98 valence electrons. The highest BCUT2D eigenvalue weighted by Gasteiger charge is 2.20. The highest BCUT2D eigenvalue weighted by atomic mass is 79.9. The largest absolute Gasteiger partial charge is 0.453 e. The predicted molar refractivity (Wildman–Crippen MR) is 76.5 cm³/mol. The molecule has 0 aliphatic rings. The number of rotatable bonds is 5. The van der Waals surface area contributed by atoms with E-state index >= 15 is 0 Å². The number of hydrogen-bond acceptors (Lipinski definition) is 5. The van der Waals surface area contributed by atoms with Crippen molar-refractivity contribution in [3.63, 3.8) is 0 Å². The Balaban J connectivity index is 2.11. The van der Waals surface area contributed by atoms with E-state index in [1.165, 1.54) is 4.88 Å². The molecule has 2 N–H and O–H groups in total. The fraction of sp³-hybridized carbons (Fsp3) is 0.417. The first-order chi connectivity index (χ1) is 8.61. The number of nitrogens with two attached hydrogens (primary N) is 1. The van der Waals surface area contributed by atoms with Gasteiger partial charge in [0, 0.05) is 18.0 Å². The second kappa shape index (κ2) is 5.97. The summed E-state index contributed by atoms with van der Waals surface area (Å²) in [5.41, 5.74) is 8.81. The number of thiazole rings is 1. The molecule has 0 aliphatic heterocycles. The van der Waals surface area contributed by atoms with Gasteiger partial charge in [0.1, 0.15) is 5.76 Å². The molecule has 0 amide bonds. The smallest absolute Gasteiger partial charge is 0.169 e. The Labute approximate surface area is 119 Å². The van der Waals surface area contributed by atoms with Gasteiger partial charge in [-0.2, -0.15) is 0 Å². The van der Waals surface area contributed by atoms with Crippen LogP contribution in [-0.2, 0) is 6.54 Å². The molecular weight excluding hydrogens is 314 g/mol. The minimum absolute atomic E-state index is 0.0813. The lowest BCUT2D eigenvalue weighted by Gasteiger charge is -2.24. The van der Waals surface area contributed by atoms with Gasteiger partial charge in [-0.25, -0.2) is 4.98 Å². The number of aromatic nitrogens is 1. The van der Waals surface area contributed by atoms with Crippen molar-refractivity contribution in [2.24, 2.45) is 5.73 Å². The first-order valence-corrected chi connectivity index (χ1v) is 7.33. The number of nitrogens with zero attached hydrogens (tertiary/aromatic N) is 2. The van der Waals surface area contributed by atoms with Crippen molar-refractivity contribution < 1.29 is 4.42 Å². The third-order valence-corrected chi connectivity index (χ3v) is 4.26. The number of halogens is 1. The molecule has 6 heteroatoms. The van der Waals surface area contributed by atoms with Crippen LogP contribution in [-0.4, -0.2) is 23.5 Å². The minimum atomic E-state index is 0.0813. The Kier molecular flexibility index (Phi) is 4.55. The van der Waals surface area contributed by atoms with Crippen molar-refractivity contribution in [3.8, 4) is 0 Å². The van der Waals surface area contributed by atoms with Crippen LogP contribution in [0.5, 0.6) is 0 Å². The molecule has 2 heterocycles. The molecule has 0 aliphatic carbocycles. The second-order valence-electron chi connectivity index (χ2n) is 4.17. The van der Waals surface area contributed by atoms with Gasteiger partial charge in [-0.05, 0) is 42.0 Å². The van der Waals surface area contributed by atoms with Crippen LogP contribution in [0.3, 0.4) is 0 Å². The van der Waals surface area contributed by atoms with Crippen molar-refractivity contribution in [2.45, 2.75) is 19.5 Å². The fourth-order valence-electron chi connectivity index (χ4n) is 1.84. The lowest BCUT2D eigenvalue weighted by molar-refractivity contribution is 0.212. The maximum absolute atomic E-state index is 5.85. The molecule has 0 aromatic carbocycles. The van der Waals surface area contributed by atoms with E-state index in [1.807, 2.05) is 31.6 Å². The molecule has 0 radical (unpaired) electrons. The Morgan fingerprint density at radius 2 is 2.33 bits per heavy atom. The zero-order valence-corrected chi connectivity index (χ0v) is 12.8. The summed E-state index contributed by atoms with van der Waals surface area (Å²) >= 11 is 4.99. The monoisotopic (exact) mass is 329 g/mol. The van der Waals surface area contributed by atoms with E-state index in [-0.39, 0.29) is 6.04 Å². The van der Waals surface area contributed by atoms with Crippen molar-refractivity contribution in [3.05, 3.63) is 38.6 Å². The number of hydrogen-bond donors (Lipinski definition) is 1. The van der Waals surface area contributed by atoms with Gasteiger partial charge in [0.15, 0.2) is 4.67 Å². The maximum atomic E-state index is 5.85. The summed E-state index contributed by atoms with van der Waals surface area (Å²) < 4.78 is 6.32. The van der Waals surface area contributed by atoms with Gasteiger partial charge in [0.05, 0.1) is 17.2 Å². The van der Waals surface area contributed by atoms with Crippen molar-refractivity contribution in [1.29, 1.82) is 0 Å². The third kappa shape index (κ3) is 3.00. The van der Waals surface area contributed by atoms with E-state index in [1.54, 1.807) is 11.3 Å². The number of likely N-dealkylation sites (N-methyl/N-ethyl adjacent to an activating group) is 1. The van der Waals surface area contributed by atoms with Gasteiger partial charge in [0.2, 0.25) is 0 Å². The predicted octanol–water partition coefficient (Wildman–Crippen LogP) is 2.94. The van der Waals surface area contributed by atoms with Gasteiger partial charge in [-0.1, -0.05) is 0 Å². The molecule has 4 nitrogen and oxygen atoms in total. The van der Waals surface area contributed by atoms with Gasteiger partial charge in [-0.15, -0.1) is 11.3 Å². The van der Waals surface area contributed by atoms with E-state index in [0.29, 0.717) is 6.54 Å². The summed E-state index contributed by atoms with van der Waals surface area (Å²) in [5, 5.41) is 0. The molecule has 1 atom stereocenters. The molecule has 0 fully saturated rings. The van der Waals surface area contributed by atoms with Crippen LogP contribution in [0.25, 0.3) is 0 Å². The molecule has 2 rings (SSSR count). The van der Waals surface area contributed by atoms with Crippen LogP contribution in [0.2, 0.25) is 0 Å². The Morgan fingerprint density at radius 1 is 1.56 bits per heavy atom. The Bertz CT molecular complexity index is 511. The molecule has 0 spiro atoms. The summed E-state index contributed by atoms with van der Waals surface area (Å²) in [6, 6.07) is 3.93. The highest BCUT2D eigenvalue weighted by molar-refractivity contribution is 9.10. The van der Waals surface area contributed by atoms with Gasteiger partial charge < -0.3 is 10.2 Å². The van der Waals surface area contributed by atoms with Crippen LogP contribution in [0.1, 0.15) is 22.4 Å². The zero-order chi connectivity index (χ0) is 13.1. The van der Waals surface area contributed by atoms with Crippen LogP contribution in [0.4, 0.5) is 0 Å². The van der Waals surface area contributed by atoms with Gasteiger partial charge in [-0.3, -0.25) is 4.90 Å². The zero-order valence-electron chi connectivity index (χ0n) is 10.4. The minimum Gasteiger partial charge on any atom is -0.453 e. The van der Waals surface area contributed by atoms with Gasteiger partial charge in [0.25, 0.3) is 0 Å². The first kappa shape index (κ1) is 13.7. The maximum Gasteiger partial charge on any atom is 0.169 e. The molecule has 0 saturated carbocycles. The Morgan fingerprint density at radius 3 is 2.83 bits per heavy atom. The number of furan rings is 1. The first-order valence-electron chi connectivity index (χ1n) is 5.66. The summed E-state index contributed by atoms with van der Waals surface area (Å²) in [6.45, 7) is 3.38. The van der Waals surface area contributed by atoms with Gasteiger partial charge >= 0.3 is 0 Å². The van der Waals surface area contributed by atoms with E-state index in [2.05, 4.69) is 25.8 Å². The molecule has 2 aromatic rings. The summed E-state index contributed by atoms with van der Waals surface area (Å²) in [6.07, 6.45) is 0. The summed E-state index contributed by atoms with van der Waals surface area (Å²) in [7, 11) is 2.05. The van der Waals surface area contributed by atoms with E-state index < -0.39 is 0 Å². The van der Waals surface area contributed by atoms with Crippen molar-refractivity contribution >= 4 is 27.3 Å². The molecule has 1 unspecified atom stereocenters. The average Bonchev–Trinajstić information content (AvgIpc) is 2.91. The standard InChI is InChI=1S/C12H16BrN3OS/c1-8-11(18-7-15-8)6-16(2)9(5-14)10-3-4-12(13)17-10/h3-4,7,9H,5-6,14H2,1-2H3. The van der Waals surface area contributed by atoms with Crippen molar-refractivity contribution in [1.82, 2.24) is 9.88 Å². The van der Waals surface area contributed by atoms with Crippen LogP contribution < -0.4 is 5.73 Å². The molecule has 0 bridgehead atoms. The van der Waals surface area contributed by atoms with Crippen LogP contribution >= 0.6 is 27.3 Å². The van der Waals surface area contributed by atoms with Crippen LogP contribution in [0.15, 0.2) is 26.7 Å². The lowest BCUT2D eigenvalue weighted by Crippen LogP contribution is -2.29. The fourth-order valence-corrected chi connectivity index (χ4v) is 2.99. The molecule has 18 heavy (non-hydrogen) atoms. The topological polar surface area (TPSA) is 55.3 Å². The van der Waals surface area contributed by atoms with E-state index in [9.17, 15) is 0 Å². The lowest BCUT2D eigenvalue weighted by atomic mass is 10.2. The molecule has 0 saturated heterocycles. The molecule has 2 aromatic heterocycles. The van der Waals surface area contributed by atoms with E-state index in [4.69, 9.17) is 10.2 Å². The molecular formula is C12H16BrN3OS. The van der Waals surface area contributed by atoms with Crippen molar-refractivity contribution in [2.75, 3.05) is 13.6 Å². The number of aryl methyl sites for hydroxylation is 1. The summed E-state index contributed by atoms with van der Waals surface area (Å²) in [4.78, 5) is 7.71. The van der Waals surface area contributed by atoms with E-state index in [0.717, 1.165) is 22.7 Å². The SMILES string of the molecule is Cc1ncsc1CN(C)C(CN)c1ccc(Br)o1. The highest BCUT2D eigenvalue weighted by Crippen LogP contribution is 2.26. The van der Waals surface area contributed by atoms with Crippen LogP contribution in [0, 0.1) is 6.92 Å². The summed E-state index contributed by atoms with van der Waals surface area (Å²) in [5.74, 6) is 0.883. The Hall–Kier alpha value is -0.690. The second-order valence-corrected chi connectivity index (χ2v) is 5.89.